The minimum atomic E-state index is -0.465. The Morgan fingerprint density at radius 2 is 2.00 bits per heavy atom. The van der Waals surface area contributed by atoms with Gasteiger partial charge in [-0.2, -0.15) is 0 Å². The molecule has 0 heterocycles. The predicted molar refractivity (Wildman–Crippen MR) is 88.9 cm³/mol. The second-order valence-electron chi connectivity index (χ2n) is 5.16. The molecule has 0 aliphatic heterocycles. The molecule has 21 heavy (non-hydrogen) atoms. The summed E-state index contributed by atoms with van der Waals surface area (Å²) in [7, 11) is 1.63. The maximum Gasteiger partial charge on any atom is 0.227 e. The molecule has 1 atom stereocenters. The fraction of sp³-hybridized carbons (Fsp3) is 0.562. The molecule has 1 rings (SSSR count). The Balaban J connectivity index is 0.00000400. The number of hydrogen-bond acceptors (Lipinski definition) is 3. The molecule has 5 heteroatoms. The summed E-state index contributed by atoms with van der Waals surface area (Å²) in [5.74, 6) is 0.819. The quantitative estimate of drug-likeness (QED) is 0.813. The molecule has 0 radical (unpaired) electrons. The van der Waals surface area contributed by atoms with Crippen LogP contribution in [0.15, 0.2) is 24.3 Å². The molecule has 0 aliphatic rings. The van der Waals surface area contributed by atoms with Crippen molar-refractivity contribution in [2.45, 2.75) is 39.7 Å². The smallest absolute Gasteiger partial charge is 0.227 e. The molecule has 0 spiro atoms. The summed E-state index contributed by atoms with van der Waals surface area (Å²) in [6.45, 7) is 6.36. The summed E-state index contributed by atoms with van der Waals surface area (Å²) < 4.78 is 5.21. The van der Waals surface area contributed by atoms with Gasteiger partial charge in [-0.1, -0.05) is 26.0 Å². The van der Waals surface area contributed by atoms with Crippen LogP contribution >= 0.6 is 12.4 Å². The van der Waals surface area contributed by atoms with Crippen molar-refractivity contribution in [3.05, 3.63) is 29.8 Å². The number of ether oxygens (including phenoxy) is 1. The highest BCUT2D eigenvalue weighted by Crippen LogP contribution is 2.27. The Kier molecular flexibility index (Phi) is 8.37. The molecule has 0 bridgehead atoms. The van der Waals surface area contributed by atoms with Crippen molar-refractivity contribution in [2.24, 2.45) is 11.1 Å². The van der Waals surface area contributed by atoms with Crippen molar-refractivity contribution < 1.29 is 9.53 Å². The van der Waals surface area contributed by atoms with Crippen LogP contribution in [-0.2, 0) is 4.79 Å². The van der Waals surface area contributed by atoms with Crippen LogP contribution in [0.2, 0.25) is 0 Å². The van der Waals surface area contributed by atoms with Crippen molar-refractivity contribution in [3.63, 3.8) is 0 Å². The van der Waals surface area contributed by atoms with Gasteiger partial charge in [0, 0.05) is 6.54 Å². The molecule has 0 saturated heterocycles. The van der Waals surface area contributed by atoms with Crippen LogP contribution in [0.5, 0.6) is 5.75 Å². The number of carbonyl (C=O) groups is 1. The number of nitrogens with one attached hydrogen (secondary N) is 1. The van der Waals surface area contributed by atoms with E-state index in [4.69, 9.17) is 10.5 Å². The van der Waals surface area contributed by atoms with E-state index in [1.165, 1.54) is 0 Å². The average Bonchev–Trinajstić information content (AvgIpc) is 2.49. The van der Waals surface area contributed by atoms with Gasteiger partial charge in [0.15, 0.2) is 0 Å². The lowest BCUT2D eigenvalue weighted by Gasteiger charge is -2.30. The monoisotopic (exact) mass is 314 g/mol. The van der Waals surface area contributed by atoms with E-state index in [0.717, 1.165) is 24.2 Å². The largest absolute Gasteiger partial charge is 0.497 e. The summed E-state index contributed by atoms with van der Waals surface area (Å²) in [5.41, 5.74) is 6.37. The van der Waals surface area contributed by atoms with Crippen LogP contribution in [0.25, 0.3) is 0 Å². The molecular formula is C16H27ClN2O2. The maximum atomic E-state index is 12.5. The second-order valence-corrected chi connectivity index (χ2v) is 5.16. The normalized spacial score (nSPS) is 12.2. The van der Waals surface area contributed by atoms with Crippen LogP contribution in [-0.4, -0.2) is 19.6 Å². The van der Waals surface area contributed by atoms with E-state index < -0.39 is 5.41 Å². The molecule has 0 aliphatic carbocycles. The minimum absolute atomic E-state index is 0. The Morgan fingerprint density at radius 3 is 2.48 bits per heavy atom. The summed E-state index contributed by atoms with van der Waals surface area (Å²) in [6.07, 6.45) is 1.49. The molecule has 120 valence electrons. The summed E-state index contributed by atoms with van der Waals surface area (Å²) in [5, 5.41) is 3.07. The zero-order valence-corrected chi connectivity index (χ0v) is 14.1. The Morgan fingerprint density at radius 1 is 1.38 bits per heavy atom. The fourth-order valence-corrected chi connectivity index (χ4v) is 2.30. The van der Waals surface area contributed by atoms with Crippen molar-refractivity contribution in [1.82, 2.24) is 5.32 Å². The third kappa shape index (κ3) is 4.61. The highest BCUT2D eigenvalue weighted by atomic mass is 35.5. The lowest BCUT2D eigenvalue weighted by atomic mass is 9.81. The zero-order chi connectivity index (χ0) is 15.2. The van der Waals surface area contributed by atoms with E-state index in [1.807, 2.05) is 45.0 Å². The van der Waals surface area contributed by atoms with E-state index in [9.17, 15) is 4.79 Å². The van der Waals surface area contributed by atoms with E-state index >= 15 is 0 Å². The number of rotatable bonds is 7. The first-order valence-corrected chi connectivity index (χ1v) is 7.18. The molecule has 1 unspecified atom stereocenters. The molecule has 1 aromatic rings. The van der Waals surface area contributed by atoms with Crippen molar-refractivity contribution in [1.29, 1.82) is 0 Å². The fourth-order valence-electron chi connectivity index (χ4n) is 2.30. The van der Waals surface area contributed by atoms with E-state index in [2.05, 4.69) is 5.32 Å². The Hall–Kier alpha value is -1.26. The first-order valence-electron chi connectivity index (χ1n) is 7.18. The number of nitrogens with two attached hydrogens (primary N) is 1. The van der Waals surface area contributed by atoms with Gasteiger partial charge in [0.2, 0.25) is 5.91 Å². The Labute approximate surface area is 133 Å². The lowest BCUT2D eigenvalue weighted by Crippen LogP contribution is -2.46. The summed E-state index contributed by atoms with van der Waals surface area (Å²) in [6, 6.07) is 7.66. The zero-order valence-electron chi connectivity index (χ0n) is 13.3. The molecule has 1 amide bonds. The first-order chi connectivity index (χ1) is 9.52. The van der Waals surface area contributed by atoms with Crippen LogP contribution in [0, 0.1) is 5.41 Å². The first kappa shape index (κ1) is 19.7. The van der Waals surface area contributed by atoms with Crippen LogP contribution in [0.1, 0.15) is 45.2 Å². The second kappa shape index (κ2) is 8.90. The van der Waals surface area contributed by atoms with Gasteiger partial charge < -0.3 is 15.8 Å². The highest BCUT2D eigenvalue weighted by Gasteiger charge is 2.34. The SMILES string of the molecule is CCC(CC)(CN)C(=O)NC(C)c1cccc(OC)c1.Cl. The topological polar surface area (TPSA) is 64.4 Å². The number of amides is 1. The van der Waals surface area contributed by atoms with Crippen molar-refractivity contribution >= 4 is 18.3 Å². The number of halogens is 1. The minimum Gasteiger partial charge on any atom is -0.497 e. The third-order valence-corrected chi connectivity index (χ3v) is 4.17. The van der Waals surface area contributed by atoms with E-state index in [0.29, 0.717) is 6.54 Å². The molecule has 0 saturated carbocycles. The van der Waals surface area contributed by atoms with Crippen LogP contribution < -0.4 is 15.8 Å². The van der Waals surface area contributed by atoms with Crippen LogP contribution in [0.3, 0.4) is 0 Å². The average molecular weight is 315 g/mol. The molecule has 0 aromatic heterocycles. The van der Waals surface area contributed by atoms with E-state index in [1.54, 1.807) is 7.11 Å². The van der Waals surface area contributed by atoms with Crippen LogP contribution in [0.4, 0.5) is 0 Å². The summed E-state index contributed by atoms with van der Waals surface area (Å²) in [4.78, 5) is 12.5. The van der Waals surface area contributed by atoms with Gasteiger partial charge in [0.1, 0.15) is 5.75 Å². The van der Waals surface area contributed by atoms with Crippen molar-refractivity contribution in [2.75, 3.05) is 13.7 Å². The van der Waals surface area contributed by atoms with Gasteiger partial charge in [-0.05, 0) is 37.5 Å². The standard InChI is InChI=1S/C16H26N2O2.ClH/c1-5-16(6-2,11-17)15(19)18-12(3)13-8-7-9-14(10-13)20-4;/h7-10,12H,5-6,11,17H2,1-4H3,(H,18,19);1H. The molecule has 3 N–H and O–H groups in total. The molecule has 0 fully saturated rings. The number of carbonyl (C=O) groups excluding carboxylic acids is 1. The summed E-state index contributed by atoms with van der Waals surface area (Å²) >= 11 is 0. The maximum absolute atomic E-state index is 12.5. The van der Waals surface area contributed by atoms with Gasteiger partial charge in [-0.15, -0.1) is 12.4 Å². The van der Waals surface area contributed by atoms with Gasteiger partial charge in [0.05, 0.1) is 18.6 Å². The molecule has 1 aromatic carbocycles. The van der Waals surface area contributed by atoms with Gasteiger partial charge in [-0.25, -0.2) is 0 Å². The van der Waals surface area contributed by atoms with Gasteiger partial charge in [0.25, 0.3) is 0 Å². The number of hydrogen-bond donors (Lipinski definition) is 2. The lowest BCUT2D eigenvalue weighted by molar-refractivity contribution is -0.131. The molecular weight excluding hydrogens is 288 g/mol. The third-order valence-electron chi connectivity index (χ3n) is 4.17. The van der Waals surface area contributed by atoms with E-state index in [-0.39, 0.29) is 24.4 Å². The predicted octanol–water partition coefficient (Wildman–Crippen LogP) is 3.06. The van der Waals surface area contributed by atoms with Gasteiger partial charge in [-0.3, -0.25) is 4.79 Å². The molecule has 4 nitrogen and oxygen atoms in total. The van der Waals surface area contributed by atoms with Crippen molar-refractivity contribution in [3.8, 4) is 5.75 Å². The Bertz CT molecular complexity index is 439. The number of methoxy groups -OCH3 is 1. The van der Waals surface area contributed by atoms with Gasteiger partial charge >= 0.3 is 0 Å². The highest BCUT2D eigenvalue weighted by molar-refractivity contribution is 5.85. The number of benzene rings is 1.